The van der Waals surface area contributed by atoms with E-state index < -0.39 is 39.1 Å². The molecule has 0 aliphatic heterocycles. The first-order valence-electron chi connectivity index (χ1n) is 13.4. The van der Waals surface area contributed by atoms with Crippen LogP contribution in [0.25, 0.3) is 11.8 Å². The van der Waals surface area contributed by atoms with Gasteiger partial charge in [-0.15, -0.1) is 0 Å². The standard InChI is InChI=1S/C31H26F3N3O5S/c1-17-10-22(41-27-5-3-2-4-25(27)32)6-9-26(17)37-30(35)24(15-36-37)29(38)20-11-18-13-21(16-43(39,40)23-7-8-23)28(42-31(33)34)14-19(18)12-20/h2-6,9-10,12-15,23,31H,7-8,11,16,35H2,1H3. The van der Waals surface area contributed by atoms with Crippen LogP contribution in [-0.2, 0) is 22.0 Å². The number of Topliss-reactive ketones (excluding diaryl/α,β-unsaturated/α-hetero) is 1. The van der Waals surface area contributed by atoms with Crippen molar-refractivity contribution in [3.8, 4) is 22.9 Å². The molecule has 0 unspecified atom stereocenters. The molecule has 4 aromatic rings. The molecule has 1 fully saturated rings. The van der Waals surface area contributed by atoms with Gasteiger partial charge in [-0.25, -0.2) is 17.5 Å². The highest BCUT2D eigenvalue weighted by Gasteiger charge is 2.36. The van der Waals surface area contributed by atoms with Crippen molar-refractivity contribution in [1.82, 2.24) is 9.78 Å². The van der Waals surface area contributed by atoms with E-state index in [0.29, 0.717) is 46.5 Å². The van der Waals surface area contributed by atoms with E-state index in [1.807, 2.05) is 0 Å². The lowest BCUT2D eigenvalue weighted by Crippen LogP contribution is -2.13. The number of ketones is 1. The summed E-state index contributed by atoms with van der Waals surface area (Å²) in [6.07, 6.45) is 4.18. The van der Waals surface area contributed by atoms with Crippen molar-refractivity contribution in [2.24, 2.45) is 0 Å². The van der Waals surface area contributed by atoms with Gasteiger partial charge in [0.25, 0.3) is 0 Å². The lowest BCUT2D eigenvalue weighted by Gasteiger charge is -2.13. The molecule has 3 aromatic carbocycles. The second kappa shape index (κ2) is 10.9. The van der Waals surface area contributed by atoms with Crippen LogP contribution in [0.15, 0.2) is 66.4 Å². The number of carbonyl (C=O) groups is 1. The maximum absolute atomic E-state index is 14.0. The SMILES string of the molecule is Cc1cc(Oc2ccccc2F)ccc1-n1ncc(C(=O)C2=Cc3cc(OC(F)F)c(CS(=O)(=O)C4CC4)cc3C2)c1N. The van der Waals surface area contributed by atoms with E-state index in [2.05, 4.69) is 9.84 Å². The first kappa shape index (κ1) is 28.5. The van der Waals surface area contributed by atoms with Gasteiger partial charge >= 0.3 is 6.61 Å². The number of nitrogens with two attached hydrogens (primary N) is 1. The van der Waals surface area contributed by atoms with Crippen molar-refractivity contribution in [3.05, 3.63) is 100 Å². The van der Waals surface area contributed by atoms with E-state index in [1.165, 1.54) is 35.1 Å². The minimum atomic E-state index is -3.50. The first-order valence-corrected chi connectivity index (χ1v) is 15.2. The first-order chi connectivity index (χ1) is 20.5. The summed E-state index contributed by atoms with van der Waals surface area (Å²) in [5.74, 6) is -0.971. The minimum Gasteiger partial charge on any atom is -0.454 e. The Morgan fingerprint density at radius 2 is 1.88 bits per heavy atom. The molecule has 222 valence electrons. The van der Waals surface area contributed by atoms with Crippen LogP contribution >= 0.6 is 0 Å². The fourth-order valence-corrected chi connectivity index (χ4v) is 6.88. The molecule has 1 heterocycles. The predicted octanol–water partition coefficient (Wildman–Crippen LogP) is 6.20. The third kappa shape index (κ3) is 5.74. The van der Waals surface area contributed by atoms with Gasteiger partial charge in [0, 0.05) is 17.6 Å². The monoisotopic (exact) mass is 609 g/mol. The molecule has 0 amide bonds. The number of aromatic nitrogens is 2. The van der Waals surface area contributed by atoms with Gasteiger partial charge in [-0.2, -0.15) is 13.9 Å². The Hall–Kier alpha value is -4.58. The number of nitrogens with zero attached hydrogens (tertiary/aromatic N) is 2. The number of alkyl halides is 2. The Balaban J connectivity index is 1.24. The summed E-state index contributed by atoms with van der Waals surface area (Å²) < 4.78 is 77.2. The largest absolute Gasteiger partial charge is 0.454 e. The molecule has 8 nitrogen and oxygen atoms in total. The number of fused-ring (bicyclic) bond motifs is 1. The van der Waals surface area contributed by atoms with Crippen molar-refractivity contribution >= 4 is 27.5 Å². The summed E-state index contributed by atoms with van der Waals surface area (Å²) in [6.45, 7) is -1.34. The summed E-state index contributed by atoms with van der Waals surface area (Å²) in [5.41, 5.74) is 9.39. The number of ether oxygens (including phenoxy) is 2. The molecule has 0 radical (unpaired) electrons. The third-order valence-electron chi connectivity index (χ3n) is 7.44. The Kier molecular flexibility index (Phi) is 7.25. The molecular formula is C31H26F3N3O5S. The highest BCUT2D eigenvalue weighted by Crippen LogP contribution is 2.38. The lowest BCUT2D eigenvalue weighted by atomic mass is 10.0. The summed E-state index contributed by atoms with van der Waals surface area (Å²) in [7, 11) is -3.50. The zero-order valence-corrected chi connectivity index (χ0v) is 23.7. The van der Waals surface area contributed by atoms with Gasteiger partial charge in [-0.05, 0) is 78.9 Å². The average molecular weight is 610 g/mol. The highest BCUT2D eigenvalue weighted by atomic mass is 32.2. The predicted molar refractivity (Wildman–Crippen MR) is 154 cm³/mol. The Morgan fingerprint density at radius 1 is 1.12 bits per heavy atom. The van der Waals surface area contributed by atoms with Gasteiger partial charge in [-0.3, -0.25) is 4.79 Å². The number of halogens is 3. The Labute approximate surface area is 245 Å². The van der Waals surface area contributed by atoms with Gasteiger partial charge < -0.3 is 15.2 Å². The summed E-state index contributed by atoms with van der Waals surface area (Å²) in [6, 6.07) is 13.9. The minimum absolute atomic E-state index is 0.0801. The number of hydrogen-bond acceptors (Lipinski definition) is 7. The second-order valence-electron chi connectivity index (χ2n) is 10.6. The fourth-order valence-electron chi connectivity index (χ4n) is 5.13. The molecule has 1 aromatic heterocycles. The quantitative estimate of drug-likeness (QED) is 0.213. The maximum atomic E-state index is 14.0. The topological polar surface area (TPSA) is 114 Å². The lowest BCUT2D eigenvalue weighted by molar-refractivity contribution is -0.0503. The molecule has 6 rings (SSSR count). The fraction of sp³-hybridized carbons (Fsp3) is 0.226. The van der Waals surface area contributed by atoms with Gasteiger partial charge in [0.1, 0.15) is 17.3 Å². The number of nitrogen functional groups attached to an aromatic ring is 1. The number of aryl methyl sites for hydroxylation is 1. The summed E-state index contributed by atoms with van der Waals surface area (Å²) in [5, 5.41) is 3.85. The van der Waals surface area contributed by atoms with Crippen molar-refractivity contribution in [3.63, 3.8) is 0 Å². The number of carbonyl (C=O) groups excluding carboxylic acids is 1. The maximum Gasteiger partial charge on any atom is 0.387 e. The number of sulfone groups is 1. The molecule has 0 bridgehead atoms. The molecule has 1 saturated carbocycles. The van der Waals surface area contributed by atoms with Crippen LogP contribution in [-0.4, -0.2) is 35.8 Å². The van der Waals surface area contributed by atoms with Crippen LogP contribution in [0, 0.1) is 12.7 Å². The van der Waals surface area contributed by atoms with E-state index in [-0.39, 0.29) is 34.9 Å². The number of allylic oxidation sites excluding steroid dienone is 1. The zero-order chi connectivity index (χ0) is 30.5. The molecule has 0 atom stereocenters. The van der Waals surface area contributed by atoms with Crippen molar-refractivity contribution in [1.29, 1.82) is 0 Å². The smallest absolute Gasteiger partial charge is 0.387 e. The molecule has 43 heavy (non-hydrogen) atoms. The number of anilines is 1. The van der Waals surface area contributed by atoms with E-state index in [4.69, 9.17) is 10.5 Å². The average Bonchev–Trinajstić information content (AvgIpc) is 3.65. The molecule has 0 spiro atoms. The molecule has 2 N–H and O–H groups in total. The van der Waals surface area contributed by atoms with Crippen LogP contribution in [0.2, 0.25) is 0 Å². The van der Waals surface area contributed by atoms with Crippen LogP contribution < -0.4 is 15.2 Å². The Bertz CT molecular complexity index is 1900. The normalized spacial score (nSPS) is 14.5. The van der Waals surface area contributed by atoms with Gasteiger partial charge in [-0.1, -0.05) is 18.2 Å². The summed E-state index contributed by atoms with van der Waals surface area (Å²) in [4.78, 5) is 13.5. The highest BCUT2D eigenvalue weighted by molar-refractivity contribution is 7.91. The van der Waals surface area contributed by atoms with Crippen molar-refractivity contribution < 1.29 is 35.9 Å². The number of benzene rings is 3. The number of para-hydroxylation sites is 1. The summed E-state index contributed by atoms with van der Waals surface area (Å²) >= 11 is 0. The van der Waals surface area contributed by atoms with Crippen LogP contribution in [0.3, 0.4) is 0 Å². The van der Waals surface area contributed by atoms with Crippen molar-refractivity contribution in [2.75, 3.05) is 5.73 Å². The second-order valence-corrected chi connectivity index (χ2v) is 12.8. The Morgan fingerprint density at radius 3 is 2.58 bits per heavy atom. The van der Waals surface area contributed by atoms with Crippen molar-refractivity contribution in [2.45, 2.75) is 43.8 Å². The van der Waals surface area contributed by atoms with Gasteiger partial charge in [0.15, 0.2) is 27.2 Å². The molecule has 2 aliphatic carbocycles. The number of rotatable bonds is 10. The van der Waals surface area contributed by atoms with E-state index in [0.717, 1.165) is 0 Å². The molecule has 12 heteroatoms. The van der Waals surface area contributed by atoms with Crippen LogP contribution in [0.5, 0.6) is 17.2 Å². The van der Waals surface area contributed by atoms with Crippen LogP contribution in [0.1, 0.15) is 45.5 Å². The zero-order valence-electron chi connectivity index (χ0n) is 22.9. The van der Waals surface area contributed by atoms with E-state index >= 15 is 0 Å². The van der Waals surface area contributed by atoms with E-state index in [1.54, 1.807) is 43.3 Å². The molecule has 2 aliphatic rings. The molecule has 0 saturated heterocycles. The number of hydrogen-bond donors (Lipinski definition) is 1. The van der Waals surface area contributed by atoms with Gasteiger partial charge in [0.2, 0.25) is 0 Å². The molecular weight excluding hydrogens is 583 g/mol. The van der Waals surface area contributed by atoms with Gasteiger partial charge in [0.05, 0.1) is 28.5 Å². The van der Waals surface area contributed by atoms with Crippen LogP contribution in [0.4, 0.5) is 19.0 Å². The van der Waals surface area contributed by atoms with E-state index in [9.17, 15) is 26.4 Å². The third-order valence-corrected chi connectivity index (χ3v) is 9.64.